The first-order valence-corrected chi connectivity index (χ1v) is 4.59. The van der Waals surface area contributed by atoms with E-state index in [1.54, 1.807) is 24.7 Å². The Morgan fingerprint density at radius 3 is 2.69 bits per heavy atom. The van der Waals surface area contributed by atoms with Crippen molar-refractivity contribution >= 4 is 18.2 Å². The van der Waals surface area contributed by atoms with E-state index >= 15 is 0 Å². The highest BCUT2D eigenvalue weighted by molar-refractivity contribution is 5.85. The molecule has 0 saturated carbocycles. The maximum atomic E-state index is 13.2. The summed E-state index contributed by atoms with van der Waals surface area (Å²) in [6, 6.07) is 6.69. The van der Waals surface area contributed by atoms with E-state index in [9.17, 15) is 4.39 Å². The number of rotatable bonds is 3. The first-order chi connectivity index (χ1) is 7.36. The molecule has 16 heavy (non-hydrogen) atoms. The lowest BCUT2D eigenvalue weighted by Gasteiger charge is -2.05. The Morgan fingerprint density at radius 2 is 2.00 bits per heavy atom. The van der Waals surface area contributed by atoms with Crippen LogP contribution in [0.2, 0.25) is 0 Å². The van der Waals surface area contributed by atoms with Crippen LogP contribution in [0.25, 0.3) is 0 Å². The fraction of sp³-hybridized carbons (Fsp3) is 0.0909. The Bertz CT molecular complexity index is 436. The number of nitrogens with zero attached hydrogens (tertiary/aromatic N) is 2. The molecule has 0 spiro atoms. The fourth-order valence-electron chi connectivity index (χ4n) is 1.20. The first kappa shape index (κ1) is 12.4. The number of aromatic nitrogens is 2. The van der Waals surface area contributed by atoms with Gasteiger partial charge < -0.3 is 5.32 Å². The van der Waals surface area contributed by atoms with Crippen molar-refractivity contribution < 1.29 is 4.39 Å². The van der Waals surface area contributed by atoms with Gasteiger partial charge in [0.1, 0.15) is 0 Å². The second-order valence-electron chi connectivity index (χ2n) is 3.05. The molecule has 0 saturated heterocycles. The van der Waals surface area contributed by atoms with Crippen LogP contribution < -0.4 is 5.32 Å². The van der Waals surface area contributed by atoms with Crippen LogP contribution in [0.4, 0.5) is 10.2 Å². The van der Waals surface area contributed by atoms with Crippen molar-refractivity contribution in [3.8, 4) is 0 Å². The number of hydrogen-bond acceptors (Lipinski definition) is 3. The fourth-order valence-corrected chi connectivity index (χ4v) is 1.20. The minimum absolute atomic E-state index is 0. The molecule has 0 atom stereocenters. The van der Waals surface area contributed by atoms with Gasteiger partial charge in [-0.15, -0.1) is 12.4 Å². The largest absolute Gasteiger partial charge is 0.364 e. The topological polar surface area (TPSA) is 37.8 Å². The summed E-state index contributed by atoms with van der Waals surface area (Å²) in [5.41, 5.74) is 0.988. The monoisotopic (exact) mass is 239 g/mol. The predicted octanol–water partition coefficient (Wildman–Crippen LogP) is 2.65. The van der Waals surface area contributed by atoms with Crippen molar-refractivity contribution in [2.24, 2.45) is 0 Å². The van der Waals surface area contributed by atoms with Gasteiger partial charge in [-0.05, 0) is 23.8 Å². The molecule has 2 heterocycles. The molecule has 0 unspecified atom stereocenters. The van der Waals surface area contributed by atoms with Gasteiger partial charge in [-0.3, -0.25) is 4.98 Å². The molecule has 0 aliphatic carbocycles. The Hall–Kier alpha value is -1.68. The molecule has 3 nitrogen and oxygen atoms in total. The highest BCUT2D eigenvalue weighted by Crippen LogP contribution is 2.09. The third kappa shape index (κ3) is 3.17. The van der Waals surface area contributed by atoms with Crippen LogP contribution in [0.3, 0.4) is 0 Å². The summed E-state index contributed by atoms with van der Waals surface area (Å²) in [5.74, 6) is -0.0808. The second kappa shape index (κ2) is 6.02. The SMILES string of the molecule is Cl.Fc1cccnc1NCc1cccnc1. The highest BCUT2D eigenvalue weighted by Gasteiger charge is 2.00. The molecule has 0 radical (unpaired) electrons. The highest BCUT2D eigenvalue weighted by atomic mass is 35.5. The van der Waals surface area contributed by atoms with Crippen LogP contribution in [-0.2, 0) is 6.54 Å². The number of nitrogens with one attached hydrogen (secondary N) is 1. The van der Waals surface area contributed by atoms with E-state index in [1.807, 2.05) is 12.1 Å². The van der Waals surface area contributed by atoms with E-state index in [-0.39, 0.29) is 24.0 Å². The summed E-state index contributed by atoms with van der Waals surface area (Å²) < 4.78 is 13.2. The molecule has 1 N–H and O–H groups in total. The van der Waals surface area contributed by atoms with Gasteiger partial charge in [0.15, 0.2) is 11.6 Å². The average Bonchev–Trinajstić information content (AvgIpc) is 2.29. The molecule has 2 aromatic rings. The minimum Gasteiger partial charge on any atom is -0.364 e. The molecular formula is C11H11ClFN3. The molecule has 2 aromatic heterocycles. The van der Waals surface area contributed by atoms with Gasteiger partial charge in [0, 0.05) is 25.1 Å². The molecule has 0 aliphatic heterocycles. The average molecular weight is 240 g/mol. The molecule has 0 amide bonds. The maximum absolute atomic E-state index is 13.2. The Kier molecular flexibility index (Phi) is 4.66. The molecule has 0 bridgehead atoms. The van der Waals surface area contributed by atoms with Gasteiger partial charge in [-0.2, -0.15) is 0 Å². The minimum atomic E-state index is -0.346. The van der Waals surface area contributed by atoms with Crippen LogP contribution in [-0.4, -0.2) is 9.97 Å². The lowest BCUT2D eigenvalue weighted by Crippen LogP contribution is -2.03. The summed E-state index contributed by atoms with van der Waals surface area (Å²) in [4.78, 5) is 7.85. The Labute approximate surface area is 99.2 Å². The van der Waals surface area contributed by atoms with Crippen LogP contribution in [0.5, 0.6) is 0 Å². The summed E-state index contributed by atoms with van der Waals surface area (Å²) in [6.45, 7) is 0.516. The van der Waals surface area contributed by atoms with Crippen LogP contribution in [0.15, 0.2) is 42.9 Å². The quantitative estimate of drug-likeness (QED) is 0.895. The number of pyridine rings is 2. The Morgan fingerprint density at radius 1 is 1.19 bits per heavy atom. The van der Waals surface area contributed by atoms with Gasteiger partial charge in [0.25, 0.3) is 0 Å². The third-order valence-electron chi connectivity index (χ3n) is 1.94. The van der Waals surface area contributed by atoms with E-state index in [1.165, 1.54) is 6.07 Å². The van der Waals surface area contributed by atoms with Gasteiger partial charge in [0.05, 0.1) is 0 Å². The molecule has 84 valence electrons. The molecule has 0 aliphatic rings. The number of anilines is 1. The summed E-state index contributed by atoms with van der Waals surface area (Å²) in [6.07, 6.45) is 4.98. The van der Waals surface area contributed by atoms with Crippen LogP contribution in [0.1, 0.15) is 5.56 Å². The lowest BCUT2D eigenvalue weighted by molar-refractivity contribution is 0.624. The van der Waals surface area contributed by atoms with Crippen molar-refractivity contribution in [2.45, 2.75) is 6.54 Å². The van der Waals surface area contributed by atoms with Crippen molar-refractivity contribution in [3.63, 3.8) is 0 Å². The smallest absolute Gasteiger partial charge is 0.165 e. The van der Waals surface area contributed by atoms with Gasteiger partial charge in [-0.1, -0.05) is 6.07 Å². The molecule has 0 aromatic carbocycles. The molecule has 0 fully saturated rings. The standard InChI is InChI=1S/C11H10FN3.ClH/c12-10-4-2-6-14-11(10)15-8-9-3-1-5-13-7-9;/h1-7H,8H2,(H,14,15);1H. The normalized spacial score (nSPS) is 9.31. The molecule has 2 rings (SSSR count). The van der Waals surface area contributed by atoms with Gasteiger partial charge in [0.2, 0.25) is 0 Å². The lowest BCUT2D eigenvalue weighted by atomic mass is 10.3. The second-order valence-corrected chi connectivity index (χ2v) is 3.05. The predicted molar refractivity (Wildman–Crippen MR) is 63.0 cm³/mol. The zero-order valence-corrected chi connectivity index (χ0v) is 9.25. The number of halogens is 2. The zero-order chi connectivity index (χ0) is 10.5. The third-order valence-corrected chi connectivity index (χ3v) is 1.94. The number of hydrogen-bond donors (Lipinski definition) is 1. The summed E-state index contributed by atoms with van der Waals surface area (Å²) >= 11 is 0. The summed E-state index contributed by atoms with van der Waals surface area (Å²) in [7, 11) is 0. The maximum Gasteiger partial charge on any atom is 0.165 e. The van der Waals surface area contributed by atoms with E-state index in [0.717, 1.165) is 5.56 Å². The van der Waals surface area contributed by atoms with E-state index in [4.69, 9.17) is 0 Å². The molecular weight excluding hydrogens is 229 g/mol. The van der Waals surface area contributed by atoms with Gasteiger partial charge in [-0.25, -0.2) is 9.37 Å². The van der Waals surface area contributed by atoms with Crippen molar-refractivity contribution in [1.82, 2.24) is 9.97 Å². The van der Waals surface area contributed by atoms with Crippen molar-refractivity contribution in [2.75, 3.05) is 5.32 Å². The zero-order valence-electron chi connectivity index (χ0n) is 8.43. The van der Waals surface area contributed by atoms with Gasteiger partial charge >= 0.3 is 0 Å². The van der Waals surface area contributed by atoms with E-state index in [2.05, 4.69) is 15.3 Å². The van der Waals surface area contributed by atoms with E-state index < -0.39 is 0 Å². The summed E-state index contributed by atoms with van der Waals surface area (Å²) in [5, 5.41) is 2.90. The Balaban J connectivity index is 0.00000128. The van der Waals surface area contributed by atoms with Crippen LogP contribution in [0, 0.1) is 5.82 Å². The van der Waals surface area contributed by atoms with Crippen LogP contribution >= 0.6 is 12.4 Å². The van der Waals surface area contributed by atoms with Crippen molar-refractivity contribution in [1.29, 1.82) is 0 Å². The van der Waals surface area contributed by atoms with E-state index in [0.29, 0.717) is 6.54 Å². The first-order valence-electron chi connectivity index (χ1n) is 4.59. The molecule has 5 heteroatoms. The van der Waals surface area contributed by atoms with Crippen molar-refractivity contribution in [3.05, 3.63) is 54.2 Å².